The highest BCUT2D eigenvalue weighted by Gasteiger charge is 2.34. The molecule has 3 aromatic rings. The van der Waals surface area contributed by atoms with Gasteiger partial charge in [0.1, 0.15) is 17.1 Å². The molecule has 4 rings (SSSR count). The summed E-state index contributed by atoms with van der Waals surface area (Å²) in [7, 11) is 1.28. The highest BCUT2D eigenvalue weighted by Crippen LogP contribution is 2.28. The van der Waals surface area contributed by atoms with Crippen LogP contribution >= 0.6 is 11.6 Å². The average molecular weight is 437 g/mol. The van der Waals surface area contributed by atoms with Gasteiger partial charge in [0.05, 0.1) is 18.4 Å². The Morgan fingerprint density at radius 3 is 2.52 bits per heavy atom. The van der Waals surface area contributed by atoms with E-state index in [2.05, 4.69) is 10.2 Å². The molecule has 0 spiro atoms. The van der Waals surface area contributed by atoms with Crippen LogP contribution in [0.5, 0.6) is 0 Å². The quantitative estimate of drug-likeness (QED) is 0.377. The fourth-order valence-corrected chi connectivity index (χ4v) is 3.26. The van der Waals surface area contributed by atoms with Crippen LogP contribution in [-0.2, 0) is 14.3 Å². The summed E-state index contributed by atoms with van der Waals surface area (Å²) in [6.07, 6.45) is 1.39. The van der Waals surface area contributed by atoms with Gasteiger partial charge in [-0.2, -0.15) is 0 Å². The second-order valence-electron chi connectivity index (χ2n) is 6.84. The zero-order chi connectivity index (χ0) is 22.1. The molecule has 31 heavy (non-hydrogen) atoms. The maximum atomic E-state index is 12.8. The number of methoxy groups -OCH3 is 1. The van der Waals surface area contributed by atoms with Gasteiger partial charge in [0.25, 0.3) is 11.8 Å². The Morgan fingerprint density at radius 1 is 1.10 bits per heavy atom. The molecule has 1 fully saturated rings. The summed E-state index contributed by atoms with van der Waals surface area (Å²) in [5.41, 5.74) is 4.91. The first-order chi connectivity index (χ1) is 14.9. The van der Waals surface area contributed by atoms with Crippen molar-refractivity contribution in [1.82, 2.24) is 5.43 Å². The highest BCUT2D eigenvalue weighted by atomic mass is 35.5. The number of carbonyl (C=O) groups excluding carboxylic acids is 3. The molecule has 0 radical (unpaired) electrons. The molecular formula is C23H17ClN2O5. The van der Waals surface area contributed by atoms with Crippen molar-refractivity contribution in [2.75, 3.05) is 12.1 Å². The van der Waals surface area contributed by atoms with Gasteiger partial charge in [-0.1, -0.05) is 23.7 Å². The highest BCUT2D eigenvalue weighted by molar-refractivity contribution is 6.32. The number of nitrogens with zero attached hydrogens (tertiary/aromatic N) is 1. The number of nitrogens with one attached hydrogen (secondary N) is 1. The van der Waals surface area contributed by atoms with Gasteiger partial charge in [-0.15, -0.1) is 0 Å². The Bertz CT molecular complexity index is 1230. The minimum Gasteiger partial charge on any atom is -0.465 e. The monoisotopic (exact) mass is 436 g/mol. The summed E-state index contributed by atoms with van der Waals surface area (Å²) in [6, 6.07) is 15.1. The van der Waals surface area contributed by atoms with Crippen LogP contribution in [0.1, 0.15) is 21.7 Å². The third-order valence-electron chi connectivity index (χ3n) is 4.81. The van der Waals surface area contributed by atoms with Gasteiger partial charge >= 0.3 is 5.97 Å². The van der Waals surface area contributed by atoms with Crippen molar-refractivity contribution in [3.63, 3.8) is 0 Å². The van der Waals surface area contributed by atoms with Gasteiger partial charge < -0.3 is 9.15 Å². The van der Waals surface area contributed by atoms with Crippen LogP contribution in [0.4, 0.5) is 5.69 Å². The normalized spacial score (nSPS) is 14.8. The molecular weight excluding hydrogens is 420 g/mol. The lowest BCUT2D eigenvalue weighted by molar-refractivity contribution is -0.117. The summed E-state index contributed by atoms with van der Waals surface area (Å²) in [5.74, 6) is -0.666. The van der Waals surface area contributed by atoms with Crippen molar-refractivity contribution in [1.29, 1.82) is 0 Å². The summed E-state index contributed by atoms with van der Waals surface area (Å²) in [4.78, 5) is 36.7. The number of halogens is 1. The Kier molecular flexibility index (Phi) is 5.35. The standard InChI is InChI=1S/C23H17ClN2O5/c1-13-3-4-15(11-19(13)24)20-10-9-17(31-20)12-18-21(27)25-26(22(18)28)16-7-5-14(6-8-16)23(29)30-2/h3-12H,1-2H3,(H,25,27)/b18-12-. The molecule has 1 N–H and O–H groups in total. The SMILES string of the molecule is COC(=O)c1ccc(N2NC(=O)/C(=C/c3ccc(-c4ccc(C)c(Cl)c4)o3)C2=O)cc1. The van der Waals surface area contributed by atoms with E-state index in [-0.39, 0.29) is 5.57 Å². The van der Waals surface area contributed by atoms with Crippen molar-refractivity contribution in [3.05, 3.63) is 82.1 Å². The topological polar surface area (TPSA) is 88.8 Å². The second kappa shape index (κ2) is 8.12. The minimum atomic E-state index is -0.557. The molecule has 1 aliphatic rings. The summed E-state index contributed by atoms with van der Waals surface area (Å²) < 4.78 is 10.4. The third kappa shape index (κ3) is 3.95. The molecule has 0 atom stereocenters. The van der Waals surface area contributed by atoms with Crippen LogP contribution in [0, 0.1) is 6.92 Å². The smallest absolute Gasteiger partial charge is 0.337 e. The van der Waals surface area contributed by atoms with Crippen molar-refractivity contribution in [3.8, 4) is 11.3 Å². The lowest BCUT2D eigenvalue weighted by Crippen LogP contribution is -2.35. The first kappa shape index (κ1) is 20.4. The molecule has 8 heteroatoms. The van der Waals surface area contributed by atoms with Crippen LogP contribution in [0.2, 0.25) is 5.02 Å². The first-order valence-electron chi connectivity index (χ1n) is 9.29. The summed E-state index contributed by atoms with van der Waals surface area (Å²) in [6.45, 7) is 1.91. The summed E-state index contributed by atoms with van der Waals surface area (Å²) >= 11 is 6.17. The van der Waals surface area contributed by atoms with E-state index in [0.717, 1.165) is 16.1 Å². The van der Waals surface area contributed by atoms with Crippen molar-refractivity contribution in [2.45, 2.75) is 6.92 Å². The Hall–Kier alpha value is -3.84. The van der Waals surface area contributed by atoms with Gasteiger partial charge in [0.2, 0.25) is 0 Å². The van der Waals surface area contributed by atoms with Gasteiger partial charge in [0, 0.05) is 10.6 Å². The van der Waals surface area contributed by atoms with Gasteiger partial charge in [-0.05, 0) is 61.0 Å². The van der Waals surface area contributed by atoms with Crippen LogP contribution in [-0.4, -0.2) is 24.9 Å². The lowest BCUT2D eigenvalue weighted by Gasteiger charge is -2.14. The van der Waals surface area contributed by atoms with E-state index < -0.39 is 17.8 Å². The van der Waals surface area contributed by atoms with Crippen LogP contribution in [0.15, 0.2) is 64.6 Å². The van der Waals surface area contributed by atoms with E-state index >= 15 is 0 Å². The number of aryl methyl sites for hydroxylation is 1. The van der Waals surface area contributed by atoms with Crippen molar-refractivity contribution < 1.29 is 23.5 Å². The van der Waals surface area contributed by atoms with Crippen LogP contribution in [0.25, 0.3) is 17.4 Å². The number of ether oxygens (including phenoxy) is 1. The molecule has 156 valence electrons. The van der Waals surface area contributed by atoms with E-state index in [1.807, 2.05) is 19.1 Å². The Balaban J connectivity index is 1.57. The molecule has 0 unspecified atom stereocenters. The van der Waals surface area contributed by atoms with Gasteiger partial charge in [-0.25, -0.2) is 9.80 Å². The van der Waals surface area contributed by atoms with Crippen molar-refractivity contribution in [2.24, 2.45) is 0 Å². The molecule has 1 aromatic heterocycles. The predicted octanol–water partition coefficient (Wildman–Crippen LogP) is 4.16. The number of carbonyl (C=O) groups is 3. The first-order valence-corrected chi connectivity index (χ1v) is 9.67. The lowest BCUT2D eigenvalue weighted by atomic mass is 10.1. The van der Waals surface area contributed by atoms with Crippen LogP contribution in [0.3, 0.4) is 0 Å². The zero-order valence-electron chi connectivity index (χ0n) is 16.6. The van der Waals surface area contributed by atoms with Gasteiger partial charge in [0.15, 0.2) is 0 Å². The minimum absolute atomic E-state index is 0.0696. The third-order valence-corrected chi connectivity index (χ3v) is 5.22. The molecule has 7 nitrogen and oxygen atoms in total. The molecule has 2 amide bonds. The largest absolute Gasteiger partial charge is 0.465 e. The summed E-state index contributed by atoms with van der Waals surface area (Å²) in [5, 5.41) is 1.73. The molecule has 1 aliphatic heterocycles. The molecule has 1 saturated heterocycles. The molecule has 2 aromatic carbocycles. The maximum Gasteiger partial charge on any atom is 0.337 e. The number of hydrazine groups is 1. The van der Waals surface area contributed by atoms with E-state index in [1.54, 1.807) is 30.3 Å². The van der Waals surface area contributed by atoms with Gasteiger partial charge in [-0.3, -0.25) is 15.0 Å². The number of benzene rings is 2. The number of hydrogen-bond acceptors (Lipinski definition) is 5. The van der Waals surface area contributed by atoms with Crippen LogP contribution < -0.4 is 10.4 Å². The van der Waals surface area contributed by atoms with E-state index in [9.17, 15) is 14.4 Å². The molecule has 0 aliphatic carbocycles. The van der Waals surface area contributed by atoms with E-state index in [1.165, 1.54) is 25.3 Å². The molecule has 0 bridgehead atoms. The second-order valence-corrected chi connectivity index (χ2v) is 7.25. The average Bonchev–Trinajstić information content (AvgIpc) is 3.35. The molecule has 2 heterocycles. The Morgan fingerprint density at radius 2 is 1.84 bits per heavy atom. The number of hydrogen-bond donors (Lipinski definition) is 1. The number of rotatable bonds is 4. The fraction of sp³-hybridized carbons (Fsp3) is 0.0870. The van der Waals surface area contributed by atoms with Crippen molar-refractivity contribution >= 4 is 41.1 Å². The number of esters is 1. The fourth-order valence-electron chi connectivity index (χ4n) is 3.08. The number of amides is 2. The van der Waals surface area contributed by atoms with E-state index in [4.69, 9.17) is 16.0 Å². The zero-order valence-corrected chi connectivity index (χ0v) is 17.4. The van der Waals surface area contributed by atoms with E-state index in [0.29, 0.717) is 27.8 Å². The number of furan rings is 1. The molecule has 0 saturated carbocycles. The predicted molar refractivity (Wildman–Crippen MR) is 115 cm³/mol. The maximum absolute atomic E-state index is 12.8. The Labute approximate surface area is 182 Å². The number of anilines is 1.